The lowest BCUT2D eigenvalue weighted by atomic mass is 9.88. The van der Waals surface area contributed by atoms with E-state index < -0.39 is 0 Å². The van der Waals surface area contributed by atoms with E-state index in [-0.39, 0.29) is 12.0 Å². The number of nitrogens with one attached hydrogen (secondary N) is 1. The first-order chi connectivity index (χ1) is 8.04. The van der Waals surface area contributed by atoms with Gasteiger partial charge in [0, 0.05) is 0 Å². The van der Waals surface area contributed by atoms with Crippen molar-refractivity contribution < 1.29 is 9.53 Å². The summed E-state index contributed by atoms with van der Waals surface area (Å²) in [6.07, 6.45) is 6.66. The van der Waals surface area contributed by atoms with Crippen molar-refractivity contribution in [1.29, 1.82) is 0 Å². The van der Waals surface area contributed by atoms with E-state index in [4.69, 9.17) is 10.6 Å². The molecule has 96 valence electrons. The zero-order valence-electron chi connectivity index (χ0n) is 10.8. The fourth-order valence-corrected chi connectivity index (χ4v) is 1.72. The van der Waals surface area contributed by atoms with Gasteiger partial charge >= 0.3 is 0 Å². The number of hydrogen-bond donors (Lipinski definition) is 2. The fraction of sp³-hybridized carbons (Fsp3) is 0.615. The number of amides is 1. The van der Waals surface area contributed by atoms with Gasteiger partial charge < -0.3 is 4.74 Å². The lowest BCUT2D eigenvalue weighted by Crippen LogP contribution is -2.32. The van der Waals surface area contributed by atoms with Crippen LogP contribution in [0.15, 0.2) is 24.0 Å². The van der Waals surface area contributed by atoms with Crippen LogP contribution in [0.3, 0.4) is 0 Å². The van der Waals surface area contributed by atoms with Gasteiger partial charge in [0.2, 0.25) is 5.91 Å². The molecule has 1 amide bonds. The second kappa shape index (κ2) is 6.45. The highest BCUT2D eigenvalue weighted by atomic mass is 16.5. The van der Waals surface area contributed by atoms with E-state index in [1.165, 1.54) is 0 Å². The molecule has 1 aliphatic rings. The first-order valence-electron chi connectivity index (χ1n) is 6.05. The van der Waals surface area contributed by atoms with Crippen LogP contribution in [0.25, 0.3) is 0 Å². The van der Waals surface area contributed by atoms with Crippen LogP contribution in [0, 0.1) is 11.8 Å². The Morgan fingerprint density at radius 1 is 1.53 bits per heavy atom. The van der Waals surface area contributed by atoms with Crippen molar-refractivity contribution in [2.24, 2.45) is 17.7 Å². The number of rotatable bonds is 5. The molecule has 2 unspecified atom stereocenters. The van der Waals surface area contributed by atoms with Crippen molar-refractivity contribution in [2.45, 2.75) is 39.7 Å². The Labute approximate surface area is 103 Å². The van der Waals surface area contributed by atoms with E-state index in [1.54, 1.807) is 6.26 Å². The highest BCUT2D eigenvalue weighted by Crippen LogP contribution is 2.25. The predicted molar refractivity (Wildman–Crippen MR) is 67.7 cm³/mol. The molecule has 1 aliphatic heterocycles. The van der Waals surface area contributed by atoms with Crippen molar-refractivity contribution in [3.05, 3.63) is 24.0 Å². The molecular weight excluding hydrogens is 216 g/mol. The van der Waals surface area contributed by atoms with Crippen LogP contribution in [-0.4, -0.2) is 12.0 Å². The normalized spacial score (nSPS) is 20.8. The average molecular weight is 238 g/mol. The maximum atomic E-state index is 11.3. The second-order valence-electron chi connectivity index (χ2n) is 4.90. The molecule has 0 aromatic carbocycles. The Balaban J connectivity index is 2.61. The van der Waals surface area contributed by atoms with Crippen molar-refractivity contribution >= 4 is 5.91 Å². The Hall–Kier alpha value is -1.29. The lowest BCUT2D eigenvalue weighted by Gasteiger charge is -2.26. The van der Waals surface area contributed by atoms with Gasteiger partial charge in [-0.05, 0) is 29.9 Å². The van der Waals surface area contributed by atoms with Crippen LogP contribution in [0.1, 0.15) is 33.6 Å². The van der Waals surface area contributed by atoms with Crippen molar-refractivity contribution in [3.8, 4) is 0 Å². The van der Waals surface area contributed by atoms with Crippen LogP contribution in [-0.2, 0) is 9.53 Å². The fourth-order valence-electron chi connectivity index (χ4n) is 1.72. The number of carbonyl (C=O) groups excluding carboxylic acids is 1. The molecule has 1 rings (SSSR count). The Morgan fingerprint density at radius 2 is 2.24 bits per heavy atom. The van der Waals surface area contributed by atoms with Gasteiger partial charge in [-0.2, -0.15) is 0 Å². The number of ether oxygens (including phenoxy) is 1. The summed E-state index contributed by atoms with van der Waals surface area (Å²) >= 11 is 0. The molecule has 4 heteroatoms. The summed E-state index contributed by atoms with van der Waals surface area (Å²) in [6, 6.07) is 0. The van der Waals surface area contributed by atoms with Crippen molar-refractivity contribution in [3.63, 3.8) is 0 Å². The molecule has 0 saturated carbocycles. The highest BCUT2D eigenvalue weighted by Gasteiger charge is 2.22. The smallest absolute Gasteiger partial charge is 0.238 e. The molecule has 17 heavy (non-hydrogen) atoms. The summed E-state index contributed by atoms with van der Waals surface area (Å²) in [6.45, 7) is 6.59. The van der Waals surface area contributed by atoms with E-state index in [0.717, 1.165) is 12.0 Å². The van der Waals surface area contributed by atoms with Crippen LogP contribution in [0.4, 0.5) is 0 Å². The summed E-state index contributed by atoms with van der Waals surface area (Å²) in [5, 5.41) is 0. The molecule has 0 bridgehead atoms. The molecule has 0 fully saturated rings. The van der Waals surface area contributed by atoms with Gasteiger partial charge in [-0.3, -0.25) is 10.2 Å². The molecule has 0 aromatic heterocycles. The second-order valence-corrected chi connectivity index (χ2v) is 4.90. The van der Waals surface area contributed by atoms with E-state index >= 15 is 0 Å². The largest absolute Gasteiger partial charge is 0.494 e. The average Bonchev–Trinajstić information content (AvgIpc) is 2.31. The van der Waals surface area contributed by atoms with E-state index in [1.807, 2.05) is 12.2 Å². The highest BCUT2D eigenvalue weighted by molar-refractivity contribution is 5.78. The van der Waals surface area contributed by atoms with Crippen LogP contribution in [0.5, 0.6) is 0 Å². The van der Waals surface area contributed by atoms with Crippen LogP contribution in [0.2, 0.25) is 0 Å². The third kappa shape index (κ3) is 4.23. The zero-order chi connectivity index (χ0) is 12.8. The zero-order valence-corrected chi connectivity index (χ0v) is 10.8. The third-order valence-electron chi connectivity index (χ3n) is 3.29. The lowest BCUT2D eigenvalue weighted by molar-refractivity contribution is -0.120. The quantitative estimate of drug-likeness (QED) is 0.437. The van der Waals surface area contributed by atoms with Gasteiger partial charge in [-0.15, -0.1) is 0 Å². The summed E-state index contributed by atoms with van der Waals surface area (Å²) < 4.78 is 5.59. The molecular formula is C13H22N2O2. The van der Waals surface area contributed by atoms with Gasteiger partial charge in [0.15, 0.2) is 0 Å². The Morgan fingerprint density at radius 3 is 2.82 bits per heavy atom. The topological polar surface area (TPSA) is 64.3 Å². The van der Waals surface area contributed by atoms with Gasteiger partial charge in [0.1, 0.15) is 6.10 Å². The molecule has 0 aromatic rings. The van der Waals surface area contributed by atoms with E-state index in [0.29, 0.717) is 18.3 Å². The SMILES string of the molecule is CC(C)C(C)CC1OC=CC=C1CC(=O)NN. The van der Waals surface area contributed by atoms with Gasteiger partial charge in [0.05, 0.1) is 12.7 Å². The van der Waals surface area contributed by atoms with Gasteiger partial charge in [0.25, 0.3) is 0 Å². The molecule has 4 nitrogen and oxygen atoms in total. The van der Waals surface area contributed by atoms with E-state index in [2.05, 4.69) is 26.2 Å². The summed E-state index contributed by atoms with van der Waals surface area (Å²) in [7, 11) is 0. The first-order valence-corrected chi connectivity index (χ1v) is 6.05. The maximum Gasteiger partial charge on any atom is 0.238 e. The molecule has 0 saturated heterocycles. The minimum Gasteiger partial charge on any atom is -0.494 e. The Kier molecular flexibility index (Phi) is 5.22. The van der Waals surface area contributed by atoms with Crippen LogP contribution >= 0.6 is 0 Å². The number of nitrogens with two attached hydrogens (primary N) is 1. The molecule has 0 spiro atoms. The number of allylic oxidation sites excluding steroid dienone is 2. The predicted octanol–water partition coefficient (Wildman–Crippen LogP) is 1.89. The molecule has 3 N–H and O–H groups in total. The molecule has 1 heterocycles. The van der Waals surface area contributed by atoms with Gasteiger partial charge in [-0.25, -0.2) is 5.84 Å². The summed E-state index contributed by atoms with van der Waals surface area (Å²) in [4.78, 5) is 11.3. The molecule has 0 aliphatic carbocycles. The summed E-state index contributed by atoms with van der Waals surface area (Å²) in [5.41, 5.74) is 3.14. The minimum absolute atomic E-state index is 0.00491. The van der Waals surface area contributed by atoms with E-state index in [9.17, 15) is 4.79 Å². The maximum absolute atomic E-state index is 11.3. The standard InChI is InChI=1S/C13H22N2O2/c1-9(2)10(3)7-12-11(5-4-6-17-12)8-13(16)15-14/h4-6,9-10,12H,7-8,14H2,1-3H3,(H,15,16). The number of hydrazine groups is 1. The number of carbonyl (C=O) groups is 1. The number of hydrogen-bond acceptors (Lipinski definition) is 3. The first kappa shape index (κ1) is 13.8. The molecule has 0 radical (unpaired) electrons. The van der Waals surface area contributed by atoms with Crippen molar-refractivity contribution in [2.75, 3.05) is 0 Å². The molecule has 2 atom stereocenters. The van der Waals surface area contributed by atoms with Gasteiger partial charge in [-0.1, -0.05) is 26.8 Å². The minimum atomic E-state index is -0.183. The monoisotopic (exact) mass is 238 g/mol. The van der Waals surface area contributed by atoms with Crippen LogP contribution < -0.4 is 11.3 Å². The third-order valence-corrected chi connectivity index (χ3v) is 3.29. The summed E-state index contributed by atoms with van der Waals surface area (Å²) in [5.74, 6) is 6.07. The van der Waals surface area contributed by atoms with Crippen molar-refractivity contribution in [1.82, 2.24) is 5.43 Å². The Bertz CT molecular complexity index is 321.